The predicted octanol–water partition coefficient (Wildman–Crippen LogP) is 4.02. The standard InChI is InChI=1S/C21H19N5O/c1-2-7-18-17(6-1)16(9-11-23-18)14-26-12-4-8-19(26)21-25-24-20(27-21)15-5-3-10-22-13-15/h1-3,5-7,9-11,13,19H,4,8,12,14H2. The van der Waals surface area contributed by atoms with Gasteiger partial charge in [-0.15, -0.1) is 10.2 Å². The molecule has 0 spiro atoms. The number of fused-ring (bicyclic) bond motifs is 1. The van der Waals surface area contributed by atoms with E-state index < -0.39 is 0 Å². The number of aromatic nitrogens is 4. The van der Waals surface area contributed by atoms with Gasteiger partial charge in [0.1, 0.15) is 0 Å². The molecule has 6 nitrogen and oxygen atoms in total. The van der Waals surface area contributed by atoms with Crippen LogP contribution >= 0.6 is 0 Å². The van der Waals surface area contributed by atoms with Crippen molar-refractivity contribution in [3.63, 3.8) is 0 Å². The summed E-state index contributed by atoms with van der Waals surface area (Å²) in [4.78, 5) is 11.0. The summed E-state index contributed by atoms with van der Waals surface area (Å²) in [6.07, 6.45) is 7.51. The van der Waals surface area contributed by atoms with E-state index in [0.717, 1.165) is 37.0 Å². The summed E-state index contributed by atoms with van der Waals surface area (Å²) in [6.45, 7) is 1.87. The maximum atomic E-state index is 5.99. The average molecular weight is 357 g/mol. The Balaban J connectivity index is 1.42. The van der Waals surface area contributed by atoms with Crippen molar-refractivity contribution in [2.75, 3.05) is 6.54 Å². The zero-order chi connectivity index (χ0) is 18.1. The summed E-state index contributed by atoms with van der Waals surface area (Å²) in [5.74, 6) is 1.21. The number of rotatable bonds is 4. The number of benzene rings is 1. The van der Waals surface area contributed by atoms with Crippen molar-refractivity contribution >= 4 is 10.9 Å². The van der Waals surface area contributed by atoms with Crippen LogP contribution in [0.1, 0.15) is 30.3 Å². The van der Waals surface area contributed by atoms with Gasteiger partial charge in [0.25, 0.3) is 0 Å². The van der Waals surface area contributed by atoms with Crippen molar-refractivity contribution in [2.24, 2.45) is 0 Å². The Kier molecular flexibility index (Phi) is 4.10. The van der Waals surface area contributed by atoms with E-state index in [1.807, 2.05) is 24.4 Å². The highest BCUT2D eigenvalue weighted by Crippen LogP contribution is 2.34. The van der Waals surface area contributed by atoms with E-state index in [-0.39, 0.29) is 6.04 Å². The quantitative estimate of drug-likeness (QED) is 0.549. The van der Waals surface area contributed by atoms with Gasteiger partial charge in [0.2, 0.25) is 11.8 Å². The van der Waals surface area contributed by atoms with Crippen LogP contribution in [0.3, 0.4) is 0 Å². The summed E-state index contributed by atoms with van der Waals surface area (Å²) >= 11 is 0. The number of pyridine rings is 2. The monoisotopic (exact) mass is 357 g/mol. The van der Waals surface area contributed by atoms with Crippen molar-refractivity contribution in [2.45, 2.75) is 25.4 Å². The van der Waals surface area contributed by atoms with E-state index in [2.05, 4.69) is 49.3 Å². The van der Waals surface area contributed by atoms with Crippen LogP contribution in [0.2, 0.25) is 0 Å². The molecule has 1 saturated heterocycles. The summed E-state index contributed by atoms with van der Waals surface area (Å²) in [5, 5.41) is 9.76. The fourth-order valence-corrected chi connectivity index (χ4v) is 3.78. The van der Waals surface area contributed by atoms with E-state index in [0.29, 0.717) is 11.8 Å². The maximum Gasteiger partial charge on any atom is 0.249 e. The smallest absolute Gasteiger partial charge is 0.249 e. The maximum absolute atomic E-state index is 5.99. The van der Waals surface area contributed by atoms with Crippen LogP contribution in [-0.2, 0) is 6.54 Å². The van der Waals surface area contributed by atoms with Gasteiger partial charge in [0.05, 0.1) is 17.1 Å². The molecule has 1 unspecified atom stereocenters. The lowest BCUT2D eigenvalue weighted by atomic mass is 10.1. The van der Waals surface area contributed by atoms with Gasteiger partial charge in [0, 0.05) is 30.5 Å². The van der Waals surface area contributed by atoms with Crippen LogP contribution in [0.4, 0.5) is 0 Å². The highest BCUT2D eigenvalue weighted by molar-refractivity contribution is 5.81. The number of nitrogens with zero attached hydrogens (tertiary/aromatic N) is 5. The minimum Gasteiger partial charge on any atom is -0.419 e. The van der Waals surface area contributed by atoms with Gasteiger partial charge in [-0.1, -0.05) is 18.2 Å². The second-order valence-corrected chi connectivity index (χ2v) is 6.80. The van der Waals surface area contributed by atoms with Gasteiger partial charge in [-0.05, 0) is 49.2 Å². The van der Waals surface area contributed by atoms with Gasteiger partial charge in [0.15, 0.2) is 0 Å². The van der Waals surface area contributed by atoms with E-state index in [4.69, 9.17) is 4.42 Å². The van der Waals surface area contributed by atoms with Gasteiger partial charge in [-0.3, -0.25) is 14.9 Å². The lowest BCUT2D eigenvalue weighted by Crippen LogP contribution is -2.23. The lowest BCUT2D eigenvalue weighted by molar-refractivity contribution is 0.216. The molecule has 0 N–H and O–H groups in total. The molecule has 0 radical (unpaired) electrons. The fraction of sp³-hybridized carbons (Fsp3) is 0.238. The molecule has 1 aliphatic rings. The highest BCUT2D eigenvalue weighted by atomic mass is 16.4. The van der Waals surface area contributed by atoms with Gasteiger partial charge < -0.3 is 4.42 Å². The van der Waals surface area contributed by atoms with Crippen LogP contribution in [0, 0.1) is 0 Å². The largest absolute Gasteiger partial charge is 0.419 e. The van der Waals surface area contributed by atoms with Gasteiger partial charge in [-0.2, -0.15) is 0 Å². The number of para-hydroxylation sites is 1. The van der Waals surface area contributed by atoms with Gasteiger partial charge in [-0.25, -0.2) is 0 Å². The zero-order valence-corrected chi connectivity index (χ0v) is 14.8. The van der Waals surface area contributed by atoms with Crippen molar-refractivity contribution < 1.29 is 4.42 Å². The van der Waals surface area contributed by atoms with E-state index in [1.165, 1.54) is 10.9 Å². The molecule has 4 aromatic rings. The Morgan fingerprint density at radius 3 is 2.93 bits per heavy atom. The van der Waals surface area contributed by atoms with E-state index in [1.54, 1.807) is 12.4 Å². The van der Waals surface area contributed by atoms with Crippen LogP contribution in [0.5, 0.6) is 0 Å². The molecule has 0 bridgehead atoms. The van der Waals surface area contributed by atoms with Crippen LogP contribution in [0.15, 0.2) is 65.5 Å². The first-order valence-corrected chi connectivity index (χ1v) is 9.19. The Bertz CT molecular complexity index is 1060. The molecular weight excluding hydrogens is 338 g/mol. The molecule has 0 saturated carbocycles. The van der Waals surface area contributed by atoms with Crippen LogP contribution in [0.25, 0.3) is 22.4 Å². The Hall–Kier alpha value is -3.12. The molecule has 1 aliphatic heterocycles. The van der Waals surface area contributed by atoms with Crippen molar-refractivity contribution in [1.29, 1.82) is 0 Å². The second-order valence-electron chi connectivity index (χ2n) is 6.80. The predicted molar refractivity (Wildman–Crippen MR) is 102 cm³/mol. The molecular formula is C21H19N5O. The molecule has 1 atom stereocenters. The molecule has 0 aliphatic carbocycles. The second kappa shape index (κ2) is 6.89. The molecule has 6 heteroatoms. The fourth-order valence-electron chi connectivity index (χ4n) is 3.78. The highest BCUT2D eigenvalue weighted by Gasteiger charge is 2.31. The van der Waals surface area contributed by atoms with Crippen molar-refractivity contribution in [1.82, 2.24) is 25.1 Å². The molecule has 0 amide bonds. The van der Waals surface area contributed by atoms with E-state index >= 15 is 0 Å². The third-order valence-corrected chi connectivity index (χ3v) is 5.11. The number of likely N-dealkylation sites (tertiary alicyclic amines) is 1. The van der Waals surface area contributed by atoms with Crippen LogP contribution in [-0.4, -0.2) is 31.6 Å². The molecule has 1 fully saturated rings. The zero-order valence-electron chi connectivity index (χ0n) is 14.8. The topological polar surface area (TPSA) is 67.9 Å². The molecule has 1 aromatic carbocycles. The SMILES string of the molecule is c1cncc(-c2nnc(C3CCCN3Cc3ccnc4ccccc34)o2)c1. The normalized spacial score (nSPS) is 17.6. The minimum atomic E-state index is 0.148. The molecule has 27 heavy (non-hydrogen) atoms. The molecule has 134 valence electrons. The number of hydrogen-bond acceptors (Lipinski definition) is 6. The first-order valence-electron chi connectivity index (χ1n) is 9.19. The number of hydrogen-bond donors (Lipinski definition) is 0. The van der Waals surface area contributed by atoms with Crippen molar-refractivity contribution in [3.05, 3.63) is 72.5 Å². The van der Waals surface area contributed by atoms with Gasteiger partial charge >= 0.3 is 0 Å². The third kappa shape index (κ3) is 3.08. The molecule has 5 rings (SSSR count). The summed E-state index contributed by atoms with van der Waals surface area (Å²) in [6, 6.07) is 14.3. The molecule has 3 aromatic heterocycles. The lowest BCUT2D eigenvalue weighted by Gasteiger charge is -2.22. The van der Waals surface area contributed by atoms with Crippen molar-refractivity contribution in [3.8, 4) is 11.5 Å². The minimum absolute atomic E-state index is 0.148. The Labute approximate surface area is 156 Å². The third-order valence-electron chi connectivity index (χ3n) is 5.11. The average Bonchev–Trinajstić information content (AvgIpc) is 3.38. The Morgan fingerprint density at radius 2 is 2.00 bits per heavy atom. The molecule has 4 heterocycles. The summed E-state index contributed by atoms with van der Waals surface area (Å²) < 4.78 is 5.99. The summed E-state index contributed by atoms with van der Waals surface area (Å²) in [7, 11) is 0. The van der Waals surface area contributed by atoms with E-state index in [9.17, 15) is 0 Å². The Morgan fingerprint density at radius 1 is 1.04 bits per heavy atom. The first-order chi connectivity index (χ1) is 13.4. The van der Waals surface area contributed by atoms with Crippen LogP contribution < -0.4 is 0 Å². The first kappa shape index (κ1) is 16.1. The summed E-state index contributed by atoms with van der Waals surface area (Å²) in [5.41, 5.74) is 3.16.